The first-order valence-electron chi connectivity index (χ1n) is 11.0. The van der Waals surface area contributed by atoms with Gasteiger partial charge in [-0.3, -0.25) is 4.79 Å². The Morgan fingerprint density at radius 2 is 1.65 bits per heavy atom. The van der Waals surface area contributed by atoms with Crippen LogP contribution in [-0.4, -0.2) is 31.2 Å². The number of benzene rings is 3. The van der Waals surface area contributed by atoms with Gasteiger partial charge in [0.15, 0.2) is 11.5 Å². The fraction of sp³-hybridized carbons (Fsp3) is 0.222. The SMILES string of the molecule is CCOc1cc(/C=N\NC(=O)CNc2c(C)cccc2C)ccc1OC(=O)c1ccc(C)cc1. The third-order valence-electron chi connectivity index (χ3n) is 5.07. The Kier molecular flexibility index (Phi) is 8.40. The predicted octanol–water partition coefficient (Wildman–Crippen LogP) is 4.79. The number of amides is 1. The molecule has 7 nitrogen and oxygen atoms in total. The van der Waals surface area contributed by atoms with Crippen molar-refractivity contribution in [2.45, 2.75) is 27.7 Å². The largest absolute Gasteiger partial charge is 0.490 e. The number of carbonyl (C=O) groups excluding carboxylic acids is 2. The molecule has 0 aliphatic carbocycles. The number of anilines is 1. The maximum absolute atomic E-state index is 12.5. The second kappa shape index (κ2) is 11.7. The molecule has 0 saturated carbocycles. The topological polar surface area (TPSA) is 89.0 Å². The van der Waals surface area contributed by atoms with Crippen molar-refractivity contribution in [1.29, 1.82) is 0 Å². The molecule has 0 atom stereocenters. The Bertz CT molecular complexity index is 1170. The van der Waals surface area contributed by atoms with Crippen LogP contribution >= 0.6 is 0 Å². The summed E-state index contributed by atoms with van der Waals surface area (Å²) in [4.78, 5) is 24.6. The van der Waals surface area contributed by atoms with Gasteiger partial charge in [-0.2, -0.15) is 5.10 Å². The minimum Gasteiger partial charge on any atom is -0.490 e. The van der Waals surface area contributed by atoms with Crippen LogP contribution in [0.2, 0.25) is 0 Å². The number of hydrogen-bond donors (Lipinski definition) is 2. The zero-order valence-electron chi connectivity index (χ0n) is 19.8. The Hall–Kier alpha value is -4.13. The first-order chi connectivity index (χ1) is 16.4. The van der Waals surface area contributed by atoms with Crippen LogP contribution in [0, 0.1) is 20.8 Å². The van der Waals surface area contributed by atoms with Gasteiger partial charge in [0.2, 0.25) is 0 Å². The molecule has 0 aromatic heterocycles. The first kappa shape index (κ1) is 24.5. The molecule has 3 aromatic carbocycles. The zero-order valence-corrected chi connectivity index (χ0v) is 19.8. The normalized spacial score (nSPS) is 10.7. The molecule has 34 heavy (non-hydrogen) atoms. The van der Waals surface area contributed by atoms with E-state index >= 15 is 0 Å². The molecule has 0 unspecified atom stereocenters. The van der Waals surface area contributed by atoms with Crippen LogP contribution in [0.15, 0.2) is 65.8 Å². The van der Waals surface area contributed by atoms with Gasteiger partial charge in [0.05, 0.1) is 24.9 Å². The molecule has 0 heterocycles. The summed E-state index contributed by atoms with van der Waals surface area (Å²) in [5.74, 6) is -0.0139. The summed E-state index contributed by atoms with van der Waals surface area (Å²) in [6, 6.07) is 18.2. The van der Waals surface area contributed by atoms with Crippen LogP contribution in [0.1, 0.15) is 39.5 Å². The number of hydrazone groups is 1. The van der Waals surface area contributed by atoms with E-state index in [1.54, 1.807) is 30.3 Å². The molecule has 0 spiro atoms. The smallest absolute Gasteiger partial charge is 0.343 e. The third-order valence-corrected chi connectivity index (χ3v) is 5.07. The van der Waals surface area contributed by atoms with Gasteiger partial charge in [0, 0.05) is 5.69 Å². The highest BCUT2D eigenvalue weighted by molar-refractivity contribution is 5.91. The second-order valence-electron chi connectivity index (χ2n) is 7.81. The molecule has 0 bridgehead atoms. The maximum atomic E-state index is 12.5. The highest BCUT2D eigenvalue weighted by atomic mass is 16.6. The standard InChI is InChI=1S/C27H29N3O4/c1-5-33-24-15-21(11-14-23(24)34-27(32)22-12-9-18(2)10-13-22)16-29-30-25(31)17-28-26-19(3)7-6-8-20(26)4/h6-16,28H,5,17H2,1-4H3,(H,30,31)/b29-16-. The van der Waals surface area contributed by atoms with E-state index in [2.05, 4.69) is 15.8 Å². The summed E-state index contributed by atoms with van der Waals surface area (Å²) in [5.41, 5.74) is 7.79. The highest BCUT2D eigenvalue weighted by Gasteiger charge is 2.13. The van der Waals surface area contributed by atoms with Crippen molar-refractivity contribution in [2.24, 2.45) is 5.10 Å². The molecule has 0 aliphatic rings. The van der Waals surface area contributed by atoms with Crippen LogP contribution in [0.4, 0.5) is 5.69 Å². The van der Waals surface area contributed by atoms with E-state index in [0.717, 1.165) is 22.4 Å². The quantitative estimate of drug-likeness (QED) is 0.208. The van der Waals surface area contributed by atoms with E-state index in [1.807, 2.05) is 58.0 Å². The molecule has 1 amide bonds. The monoisotopic (exact) mass is 459 g/mol. The zero-order chi connectivity index (χ0) is 24.5. The Morgan fingerprint density at radius 1 is 0.941 bits per heavy atom. The van der Waals surface area contributed by atoms with Crippen molar-refractivity contribution in [3.63, 3.8) is 0 Å². The molecule has 0 aliphatic heterocycles. The molecular weight excluding hydrogens is 430 g/mol. The van der Waals surface area contributed by atoms with Crippen molar-refractivity contribution < 1.29 is 19.1 Å². The lowest BCUT2D eigenvalue weighted by Gasteiger charge is -2.12. The van der Waals surface area contributed by atoms with Gasteiger partial charge in [0.25, 0.3) is 5.91 Å². The van der Waals surface area contributed by atoms with Gasteiger partial charge in [0.1, 0.15) is 0 Å². The number of aryl methyl sites for hydroxylation is 3. The molecule has 0 saturated heterocycles. The van der Waals surface area contributed by atoms with Gasteiger partial charge in [-0.25, -0.2) is 10.2 Å². The van der Waals surface area contributed by atoms with E-state index in [4.69, 9.17) is 9.47 Å². The molecule has 0 fully saturated rings. The molecular formula is C27H29N3O4. The molecule has 3 aromatic rings. The molecule has 3 rings (SSSR count). The van der Waals surface area contributed by atoms with Gasteiger partial charge in [-0.05, 0) is 74.7 Å². The van der Waals surface area contributed by atoms with Crippen LogP contribution in [-0.2, 0) is 4.79 Å². The molecule has 7 heteroatoms. The first-order valence-corrected chi connectivity index (χ1v) is 11.0. The fourth-order valence-electron chi connectivity index (χ4n) is 3.29. The average Bonchev–Trinajstić information content (AvgIpc) is 2.81. The lowest BCUT2D eigenvalue weighted by molar-refractivity contribution is -0.119. The average molecular weight is 460 g/mol. The van der Waals surface area contributed by atoms with Crippen LogP contribution < -0.4 is 20.2 Å². The lowest BCUT2D eigenvalue weighted by atomic mass is 10.1. The summed E-state index contributed by atoms with van der Waals surface area (Å²) >= 11 is 0. The molecule has 176 valence electrons. The number of hydrogen-bond acceptors (Lipinski definition) is 6. The van der Waals surface area contributed by atoms with Crippen molar-refractivity contribution in [2.75, 3.05) is 18.5 Å². The Morgan fingerprint density at radius 3 is 2.32 bits per heavy atom. The highest BCUT2D eigenvalue weighted by Crippen LogP contribution is 2.29. The number of esters is 1. The summed E-state index contributed by atoms with van der Waals surface area (Å²) in [5, 5.41) is 7.16. The van der Waals surface area contributed by atoms with Gasteiger partial charge in [-0.1, -0.05) is 35.9 Å². The van der Waals surface area contributed by atoms with Crippen molar-refractivity contribution in [1.82, 2.24) is 5.43 Å². The van der Waals surface area contributed by atoms with Gasteiger partial charge in [-0.15, -0.1) is 0 Å². The molecule has 2 N–H and O–H groups in total. The minimum atomic E-state index is -0.467. The molecule has 0 radical (unpaired) electrons. The van der Waals surface area contributed by atoms with Gasteiger partial charge < -0.3 is 14.8 Å². The van der Waals surface area contributed by atoms with E-state index in [9.17, 15) is 9.59 Å². The van der Waals surface area contributed by atoms with Crippen LogP contribution in [0.3, 0.4) is 0 Å². The summed E-state index contributed by atoms with van der Waals surface area (Å²) in [6.45, 7) is 8.27. The number of nitrogens with one attached hydrogen (secondary N) is 2. The van der Waals surface area contributed by atoms with E-state index in [-0.39, 0.29) is 12.5 Å². The third kappa shape index (κ3) is 6.68. The predicted molar refractivity (Wildman–Crippen MR) is 134 cm³/mol. The summed E-state index contributed by atoms with van der Waals surface area (Å²) in [6.07, 6.45) is 1.50. The summed E-state index contributed by atoms with van der Waals surface area (Å²) in [7, 11) is 0. The summed E-state index contributed by atoms with van der Waals surface area (Å²) < 4.78 is 11.2. The second-order valence-corrected chi connectivity index (χ2v) is 7.81. The van der Waals surface area contributed by atoms with Crippen LogP contribution in [0.5, 0.6) is 11.5 Å². The van der Waals surface area contributed by atoms with E-state index in [0.29, 0.717) is 29.2 Å². The number of rotatable bonds is 9. The van der Waals surface area contributed by atoms with E-state index in [1.165, 1.54) is 6.21 Å². The van der Waals surface area contributed by atoms with Crippen LogP contribution in [0.25, 0.3) is 0 Å². The minimum absolute atomic E-state index is 0.0983. The van der Waals surface area contributed by atoms with Crippen molar-refractivity contribution in [3.05, 3.63) is 88.5 Å². The maximum Gasteiger partial charge on any atom is 0.343 e. The Labute approximate surface area is 199 Å². The van der Waals surface area contributed by atoms with Crippen molar-refractivity contribution in [3.8, 4) is 11.5 Å². The lowest BCUT2D eigenvalue weighted by Crippen LogP contribution is -2.26. The van der Waals surface area contributed by atoms with E-state index < -0.39 is 5.97 Å². The number of carbonyl (C=O) groups is 2. The number of nitrogens with zero attached hydrogens (tertiary/aromatic N) is 1. The fourth-order valence-corrected chi connectivity index (χ4v) is 3.29. The number of para-hydroxylation sites is 1. The Balaban J connectivity index is 1.61. The van der Waals surface area contributed by atoms with Crippen molar-refractivity contribution >= 4 is 23.8 Å². The van der Waals surface area contributed by atoms with Gasteiger partial charge >= 0.3 is 5.97 Å². The number of ether oxygens (including phenoxy) is 2.